The number of nitrogens with one attached hydrogen (secondary N) is 2. The monoisotopic (exact) mass is 402 g/mol. The van der Waals surface area contributed by atoms with E-state index in [1.165, 1.54) is 0 Å². The Bertz CT molecular complexity index is 1350. The van der Waals surface area contributed by atoms with Crippen LogP contribution >= 0.6 is 11.6 Å². The van der Waals surface area contributed by atoms with Crippen molar-refractivity contribution in [2.45, 2.75) is 25.7 Å². The first-order chi connectivity index (χ1) is 14.1. The molecule has 0 spiro atoms. The summed E-state index contributed by atoms with van der Waals surface area (Å²) in [5.74, 6) is -0.0924. The van der Waals surface area contributed by atoms with Crippen LogP contribution in [-0.4, -0.2) is 15.8 Å². The molecule has 0 radical (unpaired) electrons. The molecule has 4 aromatic rings. The summed E-state index contributed by atoms with van der Waals surface area (Å²) in [6.07, 6.45) is 6.26. The molecule has 4 nitrogen and oxygen atoms in total. The molecule has 0 saturated heterocycles. The molecular weight excluding hydrogens is 384 g/mol. The highest BCUT2D eigenvalue weighted by atomic mass is 35.5. The Morgan fingerprint density at radius 2 is 1.83 bits per heavy atom. The second kappa shape index (κ2) is 7.05. The van der Waals surface area contributed by atoms with Crippen molar-refractivity contribution in [1.82, 2.24) is 9.97 Å². The number of H-pyrrole nitrogens is 2. The van der Waals surface area contributed by atoms with Gasteiger partial charge in [-0.15, -0.1) is 0 Å². The van der Waals surface area contributed by atoms with Gasteiger partial charge in [0.2, 0.25) is 0 Å². The zero-order chi connectivity index (χ0) is 20.0. The molecule has 0 aliphatic heterocycles. The van der Waals surface area contributed by atoms with Gasteiger partial charge in [0, 0.05) is 26.9 Å². The topological polar surface area (TPSA) is 65.7 Å². The Kier molecular flexibility index (Phi) is 4.36. The number of halogens is 1. The summed E-state index contributed by atoms with van der Waals surface area (Å²) in [5.41, 5.74) is 3.85. The Morgan fingerprint density at radius 3 is 2.59 bits per heavy atom. The van der Waals surface area contributed by atoms with Crippen molar-refractivity contribution < 1.29 is 4.79 Å². The van der Waals surface area contributed by atoms with Gasteiger partial charge in [-0.05, 0) is 49.5 Å². The minimum absolute atomic E-state index is 0.0924. The molecule has 0 unspecified atom stereocenters. The molecule has 0 bridgehead atoms. The first-order valence-electron chi connectivity index (χ1n) is 9.80. The maximum Gasteiger partial charge on any atom is 0.272 e. The molecule has 29 heavy (non-hydrogen) atoms. The summed E-state index contributed by atoms with van der Waals surface area (Å²) in [6.45, 7) is 0. The third kappa shape index (κ3) is 3.00. The van der Waals surface area contributed by atoms with Crippen LogP contribution in [0.2, 0.25) is 5.02 Å². The van der Waals surface area contributed by atoms with E-state index in [4.69, 9.17) is 11.6 Å². The lowest BCUT2D eigenvalue weighted by atomic mass is 9.91. The largest absolute Gasteiger partial charge is 0.350 e. The second-order valence-electron chi connectivity index (χ2n) is 7.44. The number of hydrogen-bond donors (Lipinski definition) is 2. The van der Waals surface area contributed by atoms with Crippen LogP contribution in [-0.2, 0) is 0 Å². The molecule has 5 heteroatoms. The molecular formula is C24H19ClN2O2. The Hall–Kier alpha value is -3.11. The van der Waals surface area contributed by atoms with Gasteiger partial charge in [-0.25, -0.2) is 0 Å². The highest BCUT2D eigenvalue weighted by molar-refractivity contribution is 6.32. The molecule has 2 aromatic carbocycles. The summed E-state index contributed by atoms with van der Waals surface area (Å²) >= 11 is 6.26. The van der Waals surface area contributed by atoms with Crippen LogP contribution in [0.4, 0.5) is 0 Å². The van der Waals surface area contributed by atoms with E-state index < -0.39 is 0 Å². The number of ketones is 1. The van der Waals surface area contributed by atoms with Crippen molar-refractivity contribution >= 4 is 44.8 Å². The number of benzene rings is 2. The Balaban J connectivity index is 1.91. The van der Waals surface area contributed by atoms with Gasteiger partial charge in [0.1, 0.15) is 5.52 Å². The number of hydrogen-bond acceptors (Lipinski definition) is 2. The van der Waals surface area contributed by atoms with Gasteiger partial charge in [-0.3, -0.25) is 9.59 Å². The van der Waals surface area contributed by atoms with Crippen LogP contribution in [0.5, 0.6) is 0 Å². The number of rotatable bonds is 3. The van der Waals surface area contributed by atoms with Crippen molar-refractivity contribution in [3.63, 3.8) is 0 Å². The number of fused-ring (bicyclic) bond motifs is 3. The van der Waals surface area contributed by atoms with E-state index in [2.05, 4.69) is 16.0 Å². The van der Waals surface area contributed by atoms with Crippen molar-refractivity contribution in [1.29, 1.82) is 0 Å². The maximum absolute atomic E-state index is 13.6. The van der Waals surface area contributed by atoms with Crippen molar-refractivity contribution in [2.24, 2.45) is 0 Å². The predicted octanol–water partition coefficient (Wildman–Crippen LogP) is 5.85. The van der Waals surface area contributed by atoms with Gasteiger partial charge in [-0.1, -0.05) is 48.0 Å². The van der Waals surface area contributed by atoms with Gasteiger partial charge in [0.25, 0.3) is 5.56 Å². The van der Waals surface area contributed by atoms with E-state index in [0.717, 1.165) is 42.3 Å². The average molecular weight is 403 g/mol. The molecule has 1 aliphatic carbocycles. The highest BCUT2D eigenvalue weighted by Crippen LogP contribution is 2.36. The number of allylic oxidation sites excluding steroid dienone is 2. The van der Waals surface area contributed by atoms with E-state index in [9.17, 15) is 9.59 Å². The summed E-state index contributed by atoms with van der Waals surface area (Å²) in [4.78, 5) is 32.7. The molecule has 2 N–H and O–H groups in total. The Labute approximate surface area is 172 Å². The van der Waals surface area contributed by atoms with Crippen molar-refractivity contribution in [2.75, 3.05) is 0 Å². The van der Waals surface area contributed by atoms with Gasteiger partial charge >= 0.3 is 0 Å². The summed E-state index contributed by atoms with van der Waals surface area (Å²) in [7, 11) is 0. The van der Waals surface area contributed by atoms with Gasteiger partial charge < -0.3 is 9.97 Å². The number of carbonyl (C=O) groups excluding carboxylic acids is 1. The lowest BCUT2D eigenvalue weighted by Gasteiger charge is -2.13. The fraction of sp³-hybridized carbons (Fsp3) is 0.167. The summed E-state index contributed by atoms with van der Waals surface area (Å²) in [5, 5.41) is 1.97. The molecule has 2 aromatic heterocycles. The third-order valence-electron chi connectivity index (χ3n) is 5.60. The molecule has 0 fully saturated rings. The van der Waals surface area contributed by atoms with Crippen LogP contribution in [0.1, 0.15) is 47.3 Å². The quantitative estimate of drug-likeness (QED) is 0.422. The van der Waals surface area contributed by atoms with Crippen molar-refractivity contribution in [3.05, 3.63) is 86.8 Å². The summed E-state index contributed by atoms with van der Waals surface area (Å²) < 4.78 is 0. The first kappa shape index (κ1) is 18.0. The second-order valence-corrected chi connectivity index (χ2v) is 7.88. The smallest absolute Gasteiger partial charge is 0.272 e. The van der Waals surface area contributed by atoms with Crippen LogP contribution in [0.15, 0.2) is 59.4 Å². The lowest BCUT2D eigenvalue weighted by Crippen LogP contribution is -2.07. The molecule has 2 heterocycles. The summed E-state index contributed by atoms with van der Waals surface area (Å²) in [6, 6.07) is 14.5. The van der Waals surface area contributed by atoms with Crippen molar-refractivity contribution in [3.8, 4) is 0 Å². The SMILES string of the molecule is O=C(c1ccccc1)c1c(C2=CCCCC2)[nH]c2c(=O)[nH]c3ccc(Cl)cc3c12. The average Bonchev–Trinajstić information content (AvgIpc) is 3.17. The fourth-order valence-electron chi connectivity index (χ4n) is 4.22. The molecule has 144 valence electrons. The standard InChI is InChI=1S/C24H19ClN2O2/c25-16-11-12-18-17(13-16)19-20(23(28)15-9-5-2-6-10-15)21(14-7-3-1-4-8-14)27-22(19)24(29)26-18/h2,5-7,9-13,27H,1,3-4,8H2,(H,26,29). The predicted molar refractivity (Wildman–Crippen MR) is 118 cm³/mol. The maximum atomic E-state index is 13.6. The molecule has 0 atom stereocenters. The zero-order valence-electron chi connectivity index (χ0n) is 15.7. The van der Waals surface area contributed by atoms with Crippen LogP contribution in [0.3, 0.4) is 0 Å². The molecule has 1 aliphatic rings. The molecule has 0 saturated carbocycles. The number of aromatic amines is 2. The zero-order valence-corrected chi connectivity index (χ0v) is 16.5. The van der Waals surface area contributed by atoms with E-state index in [0.29, 0.717) is 32.6 Å². The van der Waals surface area contributed by atoms with E-state index in [1.807, 2.05) is 36.4 Å². The minimum atomic E-state index is -0.236. The van der Waals surface area contributed by atoms with Crippen LogP contribution < -0.4 is 5.56 Å². The molecule has 0 amide bonds. The highest BCUT2D eigenvalue weighted by Gasteiger charge is 2.25. The number of pyridine rings is 1. The van der Waals surface area contributed by atoms with E-state index in [-0.39, 0.29) is 11.3 Å². The van der Waals surface area contributed by atoms with E-state index >= 15 is 0 Å². The van der Waals surface area contributed by atoms with E-state index in [1.54, 1.807) is 12.1 Å². The van der Waals surface area contributed by atoms with Crippen LogP contribution in [0.25, 0.3) is 27.4 Å². The van der Waals surface area contributed by atoms with Gasteiger partial charge in [0.15, 0.2) is 5.78 Å². The minimum Gasteiger partial charge on any atom is -0.350 e. The fourth-order valence-corrected chi connectivity index (χ4v) is 4.40. The normalized spacial score (nSPS) is 14.3. The van der Waals surface area contributed by atoms with Gasteiger partial charge in [0.05, 0.1) is 11.3 Å². The molecule has 5 rings (SSSR count). The Morgan fingerprint density at radius 1 is 1.00 bits per heavy atom. The third-order valence-corrected chi connectivity index (χ3v) is 5.84. The number of aromatic nitrogens is 2. The first-order valence-corrected chi connectivity index (χ1v) is 10.2. The van der Waals surface area contributed by atoms with Crippen LogP contribution in [0, 0.1) is 0 Å². The lowest BCUT2D eigenvalue weighted by molar-refractivity contribution is 0.104. The van der Waals surface area contributed by atoms with Gasteiger partial charge in [-0.2, -0.15) is 0 Å². The number of carbonyl (C=O) groups is 1.